The van der Waals surface area contributed by atoms with Crippen LogP contribution in [0.5, 0.6) is 5.75 Å². The number of phenols is 1. The summed E-state index contributed by atoms with van der Waals surface area (Å²) in [5.41, 5.74) is 4.08. The average Bonchev–Trinajstić information content (AvgIpc) is 3.15. The van der Waals surface area contributed by atoms with Crippen LogP contribution in [-0.4, -0.2) is 21.8 Å². The Labute approximate surface area is 121 Å². The smallest absolute Gasteiger partial charge is 0.258 e. The molecule has 0 saturated carbocycles. The zero-order valence-electron chi connectivity index (χ0n) is 11.2. The lowest BCUT2D eigenvalue weighted by Crippen LogP contribution is -1.90. The number of phenolic OH excluding ortho intramolecular Hbond substituents is 1. The maximum atomic E-state index is 9.51. The number of hydrogen-bond donors (Lipinski definition) is 2. The number of benzene rings is 2. The van der Waals surface area contributed by atoms with Crippen LogP contribution in [0.2, 0.25) is 0 Å². The molecule has 2 heterocycles. The van der Waals surface area contributed by atoms with Gasteiger partial charge in [-0.1, -0.05) is 17.3 Å². The van der Waals surface area contributed by atoms with Crippen molar-refractivity contribution in [2.45, 2.75) is 6.42 Å². The van der Waals surface area contributed by atoms with Gasteiger partial charge in [0.1, 0.15) is 5.75 Å². The fourth-order valence-electron chi connectivity index (χ4n) is 2.54. The second-order valence-corrected chi connectivity index (χ2v) is 5.02. The number of fused-ring (bicyclic) bond motifs is 1. The van der Waals surface area contributed by atoms with Gasteiger partial charge in [-0.05, 0) is 42.3 Å². The highest BCUT2D eigenvalue weighted by Gasteiger charge is 2.15. The molecule has 0 saturated heterocycles. The van der Waals surface area contributed by atoms with Crippen molar-refractivity contribution < 1.29 is 9.63 Å². The maximum Gasteiger partial charge on any atom is 0.258 e. The van der Waals surface area contributed by atoms with Crippen molar-refractivity contribution in [2.24, 2.45) is 0 Å². The summed E-state index contributed by atoms with van der Waals surface area (Å²) in [5, 5.41) is 16.8. The molecule has 0 fully saturated rings. The van der Waals surface area contributed by atoms with Crippen molar-refractivity contribution in [1.82, 2.24) is 10.1 Å². The molecule has 3 aromatic rings. The Balaban J connectivity index is 1.71. The van der Waals surface area contributed by atoms with Gasteiger partial charge in [-0.3, -0.25) is 0 Å². The minimum absolute atomic E-state index is 0.183. The molecule has 0 atom stereocenters. The standard InChI is InChI=1S/C16H13N3O2/c20-13-3-1-2-11(9-13)15-18-16(21-19-15)12-4-5-14-10(8-12)6-7-17-14/h1-5,8-9,17,20H,6-7H2. The average molecular weight is 279 g/mol. The first kappa shape index (κ1) is 12.0. The molecular weight excluding hydrogens is 266 g/mol. The lowest BCUT2D eigenvalue weighted by atomic mass is 10.1. The number of aromatic nitrogens is 2. The molecule has 0 unspecified atom stereocenters. The molecular formula is C16H13N3O2. The number of aromatic hydroxyl groups is 1. The molecule has 5 nitrogen and oxygen atoms in total. The predicted octanol–water partition coefficient (Wildman–Crippen LogP) is 3.08. The van der Waals surface area contributed by atoms with Crippen LogP contribution >= 0.6 is 0 Å². The summed E-state index contributed by atoms with van der Waals surface area (Å²) in [6.45, 7) is 0.969. The topological polar surface area (TPSA) is 71.2 Å². The summed E-state index contributed by atoms with van der Waals surface area (Å²) in [5.74, 6) is 1.14. The zero-order valence-corrected chi connectivity index (χ0v) is 11.2. The van der Waals surface area contributed by atoms with Gasteiger partial charge in [-0.15, -0.1) is 0 Å². The Morgan fingerprint density at radius 3 is 2.95 bits per heavy atom. The molecule has 0 aliphatic carbocycles. The van der Waals surface area contributed by atoms with E-state index in [1.807, 2.05) is 18.2 Å². The highest BCUT2D eigenvalue weighted by molar-refractivity contribution is 5.66. The molecule has 0 bridgehead atoms. The van der Waals surface area contributed by atoms with Crippen molar-refractivity contribution in [2.75, 3.05) is 11.9 Å². The van der Waals surface area contributed by atoms with Gasteiger partial charge in [0.05, 0.1) is 0 Å². The molecule has 4 rings (SSSR count). The number of nitrogens with zero attached hydrogens (tertiary/aromatic N) is 2. The summed E-state index contributed by atoms with van der Waals surface area (Å²) in [6, 6.07) is 12.9. The number of hydrogen-bond acceptors (Lipinski definition) is 5. The zero-order chi connectivity index (χ0) is 14.2. The summed E-state index contributed by atoms with van der Waals surface area (Å²) in [4.78, 5) is 4.41. The first-order chi connectivity index (χ1) is 10.3. The van der Waals surface area contributed by atoms with E-state index >= 15 is 0 Å². The minimum Gasteiger partial charge on any atom is -0.508 e. The minimum atomic E-state index is 0.183. The van der Waals surface area contributed by atoms with E-state index in [1.54, 1.807) is 18.2 Å². The van der Waals surface area contributed by atoms with E-state index in [9.17, 15) is 5.11 Å². The Bertz CT molecular complexity index is 811. The molecule has 0 radical (unpaired) electrons. The molecule has 2 aromatic carbocycles. The van der Waals surface area contributed by atoms with E-state index in [2.05, 4.69) is 21.5 Å². The maximum absolute atomic E-state index is 9.51. The number of anilines is 1. The molecule has 1 aliphatic rings. The summed E-state index contributed by atoms with van der Waals surface area (Å²) in [6.07, 6.45) is 1.01. The van der Waals surface area contributed by atoms with Gasteiger partial charge in [0.25, 0.3) is 5.89 Å². The molecule has 1 aromatic heterocycles. The first-order valence-corrected chi connectivity index (χ1v) is 6.80. The van der Waals surface area contributed by atoms with Crippen molar-refractivity contribution in [3.05, 3.63) is 48.0 Å². The predicted molar refractivity (Wildman–Crippen MR) is 79.0 cm³/mol. The molecule has 2 N–H and O–H groups in total. The quantitative estimate of drug-likeness (QED) is 0.754. The lowest BCUT2D eigenvalue weighted by Gasteiger charge is -2.00. The summed E-state index contributed by atoms with van der Waals surface area (Å²) < 4.78 is 5.34. The lowest BCUT2D eigenvalue weighted by molar-refractivity contribution is 0.432. The van der Waals surface area contributed by atoms with Gasteiger partial charge in [0.2, 0.25) is 5.82 Å². The fourth-order valence-corrected chi connectivity index (χ4v) is 2.54. The van der Waals surface area contributed by atoms with Crippen LogP contribution < -0.4 is 5.32 Å². The van der Waals surface area contributed by atoms with Crippen molar-refractivity contribution in [1.29, 1.82) is 0 Å². The molecule has 1 aliphatic heterocycles. The van der Waals surface area contributed by atoms with E-state index < -0.39 is 0 Å². The fraction of sp³-hybridized carbons (Fsp3) is 0.125. The van der Waals surface area contributed by atoms with Crippen molar-refractivity contribution >= 4 is 5.69 Å². The Kier molecular flexibility index (Phi) is 2.64. The van der Waals surface area contributed by atoms with Crippen LogP contribution in [0, 0.1) is 0 Å². The molecule has 104 valence electrons. The SMILES string of the molecule is Oc1cccc(-c2noc(-c3ccc4c(c3)CCN4)n2)c1. The summed E-state index contributed by atoms with van der Waals surface area (Å²) in [7, 11) is 0. The van der Waals surface area contributed by atoms with Gasteiger partial charge >= 0.3 is 0 Å². The van der Waals surface area contributed by atoms with Gasteiger partial charge in [-0.25, -0.2) is 0 Å². The number of nitrogens with one attached hydrogen (secondary N) is 1. The van der Waals surface area contributed by atoms with Crippen LogP contribution in [0.3, 0.4) is 0 Å². The van der Waals surface area contributed by atoms with Gasteiger partial charge in [0, 0.05) is 23.4 Å². The normalized spacial score (nSPS) is 13.0. The van der Waals surface area contributed by atoms with Crippen molar-refractivity contribution in [3.63, 3.8) is 0 Å². The van der Waals surface area contributed by atoms with Crippen LogP contribution in [-0.2, 0) is 6.42 Å². The van der Waals surface area contributed by atoms with Crippen LogP contribution in [0.15, 0.2) is 47.0 Å². The third-order valence-electron chi connectivity index (χ3n) is 3.59. The second-order valence-electron chi connectivity index (χ2n) is 5.02. The number of rotatable bonds is 2. The molecule has 0 spiro atoms. The Morgan fingerprint density at radius 2 is 2.05 bits per heavy atom. The Hall–Kier alpha value is -2.82. The third-order valence-corrected chi connectivity index (χ3v) is 3.59. The third kappa shape index (κ3) is 2.12. The van der Waals surface area contributed by atoms with Gasteiger partial charge in [0.15, 0.2) is 0 Å². The van der Waals surface area contributed by atoms with Gasteiger partial charge < -0.3 is 14.9 Å². The highest BCUT2D eigenvalue weighted by atomic mass is 16.5. The van der Waals surface area contributed by atoms with Crippen molar-refractivity contribution in [3.8, 4) is 28.6 Å². The second kappa shape index (κ2) is 4.63. The van der Waals surface area contributed by atoms with Crippen LogP contribution in [0.25, 0.3) is 22.8 Å². The van der Waals surface area contributed by atoms with Crippen LogP contribution in [0.1, 0.15) is 5.56 Å². The van der Waals surface area contributed by atoms with E-state index in [0.29, 0.717) is 11.7 Å². The van der Waals surface area contributed by atoms with E-state index in [0.717, 1.165) is 24.1 Å². The van der Waals surface area contributed by atoms with Crippen LogP contribution in [0.4, 0.5) is 5.69 Å². The monoisotopic (exact) mass is 279 g/mol. The highest BCUT2D eigenvalue weighted by Crippen LogP contribution is 2.29. The molecule has 5 heteroatoms. The first-order valence-electron chi connectivity index (χ1n) is 6.80. The van der Waals surface area contributed by atoms with Gasteiger partial charge in [-0.2, -0.15) is 4.98 Å². The molecule has 21 heavy (non-hydrogen) atoms. The Morgan fingerprint density at radius 1 is 1.10 bits per heavy atom. The summed E-state index contributed by atoms with van der Waals surface area (Å²) >= 11 is 0. The van der Waals surface area contributed by atoms with E-state index in [1.165, 1.54) is 11.3 Å². The van der Waals surface area contributed by atoms with E-state index in [-0.39, 0.29) is 5.75 Å². The van der Waals surface area contributed by atoms with E-state index in [4.69, 9.17) is 4.52 Å². The molecule has 0 amide bonds. The largest absolute Gasteiger partial charge is 0.508 e.